The Morgan fingerprint density at radius 2 is 1.95 bits per heavy atom. The monoisotopic (exact) mass is 263 g/mol. The summed E-state index contributed by atoms with van der Waals surface area (Å²) in [6.45, 7) is 3.48. The number of hydrogen-bond acceptors (Lipinski definition) is 4. The van der Waals surface area contributed by atoms with E-state index in [1.54, 1.807) is 6.07 Å². The fraction of sp³-hybridized carbons (Fsp3) is 0.600. The van der Waals surface area contributed by atoms with Crippen molar-refractivity contribution in [3.8, 4) is 17.2 Å². The minimum absolute atomic E-state index is 0.329. The highest BCUT2D eigenvalue weighted by Crippen LogP contribution is 2.37. The van der Waals surface area contributed by atoms with Gasteiger partial charge in [-0.05, 0) is 49.9 Å². The van der Waals surface area contributed by atoms with Crippen molar-refractivity contribution in [2.24, 2.45) is 5.92 Å². The molecule has 3 rings (SSSR count). The second-order valence-electron chi connectivity index (χ2n) is 5.39. The molecule has 2 aliphatic rings. The summed E-state index contributed by atoms with van der Waals surface area (Å²) in [5.41, 5.74) is 0.970. The van der Waals surface area contributed by atoms with Crippen LogP contribution in [0.1, 0.15) is 24.8 Å². The molecule has 0 aliphatic carbocycles. The topological polar surface area (TPSA) is 50.7 Å². The van der Waals surface area contributed by atoms with Gasteiger partial charge in [-0.2, -0.15) is 0 Å². The molecule has 1 aromatic carbocycles. The molecule has 0 aromatic heterocycles. The maximum atomic E-state index is 10.1. The summed E-state index contributed by atoms with van der Waals surface area (Å²) >= 11 is 0. The predicted octanol–water partition coefficient (Wildman–Crippen LogP) is 2.10. The van der Waals surface area contributed by atoms with Gasteiger partial charge < -0.3 is 19.9 Å². The van der Waals surface area contributed by atoms with Gasteiger partial charge in [-0.15, -0.1) is 0 Å². The fourth-order valence-electron chi connectivity index (χ4n) is 2.81. The second-order valence-corrected chi connectivity index (χ2v) is 5.39. The van der Waals surface area contributed by atoms with Gasteiger partial charge in [-0.1, -0.05) is 0 Å². The number of nitrogens with one attached hydrogen (secondary N) is 1. The Balaban J connectivity index is 1.78. The van der Waals surface area contributed by atoms with Crippen LogP contribution in [0, 0.1) is 5.92 Å². The van der Waals surface area contributed by atoms with Gasteiger partial charge >= 0.3 is 0 Å². The Labute approximate surface area is 113 Å². The molecule has 0 saturated carbocycles. The van der Waals surface area contributed by atoms with E-state index in [9.17, 15) is 5.11 Å². The average Bonchev–Trinajstić information content (AvgIpc) is 2.65. The second kappa shape index (κ2) is 5.70. The number of benzene rings is 1. The Hall–Kier alpha value is -1.42. The van der Waals surface area contributed by atoms with E-state index >= 15 is 0 Å². The highest BCUT2D eigenvalue weighted by Gasteiger charge is 2.19. The Kier molecular flexibility index (Phi) is 3.78. The lowest BCUT2D eigenvalue weighted by molar-refractivity contribution is 0.296. The van der Waals surface area contributed by atoms with Crippen molar-refractivity contribution in [1.29, 1.82) is 0 Å². The van der Waals surface area contributed by atoms with Crippen LogP contribution in [0.15, 0.2) is 12.1 Å². The highest BCUT2D eigenvalue weighted by molar-refractivity contribution is 5.50. The summed E-state index contributed by atoms with van der Waals surface area (Å²) in [4.78, 5) is 0. The minimum atomic E-state index is 0.329. The van der Waals surface area contributed by atoms with Crippen LogP contribution >= 0.6 is 0 Å². The van der Waals surface area contributed by atoms with E-state index in [1.807, 2.05) is 6.07 Å². The molecular formula is C15H21NO3. The number of phenols is 1. The number of rotatable bonds is 2. The number of aromatic hydroxyl groups is 1. The zero-order valence-electron chi connectivity index (χ0n) is 11.2. The summed E-state index contributed by atoms with van der Waals surface area (Å²) in [6, 6.07) is 3.65. The van der Waals surface area contributed by atoms with Crippen molar-refractivity contribution in [2.75, 3.05) is 26.3 Å². The first kappa shape index (κ1) is 12.6. The average molecular weight is 263 g/mol. The Morgan fingerprint density at radius 3 is 2.68 bits per heavy atom. The lowest BCUT2D eigenvalue weighted by Gasteiger charge is -2.23. The standard InChI is InChI=1S/C15H21NO3/c17-13-9-15-14(18-5-2-6-19-15)8-12(13)7-11-3-1-4-16-10-11/h8-9,11,16-17H,1-7,10H2. The quantitative estimate of drug-likeness (QED) is 0.858. The first-order chi connectivity index (χ1) is 9.33. The molecule has 19 heavy (non-hydrogen) atoms. The van der Waals surface area contributed by atoms with Crippen molar-refractivity contribution in [2.45, 2.75) is 25.7 Å². The number of fused-ring (bicyclic) bond motifs is 1. The van der Waals surface area contributed by atoms with E-state index in [4.69, 9.17) is 9.47 Å². The van der Waals surface area contributed by atoms with E-state index in [1.165, 1.54) is 12.8 Å². The van der Waals surface area contributed by atoms with Crippen LogP contribution in [0.3, 0.4) is 0 Å². The van der Waals surface area contributed by atoms with Crippen LogP contribution in [0.4, 0.5) is 0 Å². The van der Waals surface area contributed by atoms with E-state index < -0.39 is 0 Å². The molecule has 2 N–H and O–H groups in total. The van der Waals surface area contributed by atoms with Gasteiger partial charge in [0.2, 0.25) is 0 Å². The molecule has 0 spiro atoms. The first-order valence-electron chi connectivity index (χ1n) is 7.15. The van der Waals surface area contributed by atoms with Crippen molar-refractivity contribution >= 4 is 0 Å². The Bertz CT molecular complexity index is 441. The van der Waals surface area contributed by atoms with Gasteiger partial charge in [-0.3, -0.25) is 0 Å². The van der Waals surface area contributed by atoms with E-state index in [2.05, 4.69) is 5.32 Å². The lowest BCUT2D eigenvalue weighted by atomic mass is 9.92. The van der Waals surface area contributed by atoms with Crippen molar-refractivity contribution in [3.05, 3.63) is 17.7 Å². The zero-order chi connectivity index (χ0) is 13.1. The smallest absolute Gasteiger partial charge is 0.164 e. The summed E-state index contributed by atoms with van der Waals surface area (Å²) in [5, 5.41) is 13.5. The minimum Gasteiger partial charge on any atom is -0.508 e. The molecule has 4 nitrogen and oxygen atoms in total. The largest absolute Gasteiger partial charge is 0.508 e. The predicted molar refractivity (Wildman–Crippen MR) is 73.0 cm³/mol. The molecule has 2 heterocycles. The van der Waals surface area contributed by atoms with Crippen LogP contribution < -0.4 is 14.8 Å². The summed E-state index contributed by atoms with van der Waals surface area (Å²) in [5.74, 6) is 2.37. The van der Waals surface area contributed by atoms with Crippen molar-refractivity contribution < 1.29 is 14.6 Å². The van der Waals surface area contributed by atoms with Gasteiger partial charge in [-0.25, -0.2) is 0 Å². The summed E-state index contributed by atoms with van der Waals surface area (Å²) in [6.07, 6.45) is 4.23. The van der Waals surface area contributed by atoms with E-state index in [-0.39, 0.29) is 0 Å². The van der Waals surface area contributed by atoms with Crippen LogP contribution in [-0.2, 0) is 6.42 Å². The zero-order valence-corrected chi connectivity index (χ0v) is 11.2. The van der Waals surface area contributed by atoms with Gasteiger partial charge in [0.05, 0.1) is 13.2 Å². The van der Waals surface area contributed by atoms with Crippen molar-refractivity contribution in [3.63, 3.8) is 0 Å². The van der Waals surface area contributed by atoms with Gasteiger partial charge in [0, 0.05) is 12.5 Å². The van der Waals surface area contributed by atoms with Gasteiger partial charge in [0.25, 0.3) is 0 Å². The number of phenolic OH excluding ortho intramolecular Hbond substituents is 1. The third kappa shape index (κ3) is 2.95. The molecule has 1 aromatic rings. The molecular weight excluding hydrogens is 242 g/mol. The molecule has 104 valence electrons. The molecule has 1 fully saturated rings. The third-order valence-corrected chi connectivity index (χ3v) is 3.86. The normalized spacial score (nSPS) is 22.8. The summed E-state index contributed by atoms with van der Waals surface area (Å²) < 4.78 is 11.3. The molecule has 2 aliphatic heterocycles. The number of ether oxygens (including phenoxy) is 2. The lowest BCUT2D eigenvalue weighted by Crippen LogP contribution is -2.30. The summed E-state index contributed by atoms with van der Waals surface area (Å²) in [7, 11) is 0. The molecule has 1 atom stereocenters. The molecule has 1 unspecified atom stereocenters. The fourth-order valence-corrected chi connectivity index (χ4v) is 2.81. The van der Waals surface area contributed by atoms with E-state index in [0.717, 1.165) is 37.2 Å². The van der Waals surface area contributed by atoms with Crippen molar-refractivity contribution in [1.82, 2.24) is 5.32 Å². The third-order valence-electron chi connectivity index (χ3n) is 3.86. The van der Waals surface area contributed by atoms with Crippen LogP contribution in [0.5, 0.6) is 17.2 Å². The molecule has 0 radical (unpaired) electrons. The maximum Gasteiger partial charge on any atom is 0.164 e. The van der Waals surface area contributed by atoms with E-state index in [0.29, 0.717) is 30.6 Å². The Morgan fingerprint density at radius 1 is 1.16 bits per heavy atom. The number of piperidine rings is 1. The molecule has 0 bridgehead atoms. The highest BCUT2D eigenvalue weighted by atomic mass is 16.5. The number of hydrogen-bond donors (Lipinski definition) is 2. The van der Waals surface area contributed by atoms with Gasteiger partial charge in [0.15, 0.2) is 11.5 Å². The van der Waals surface area contributed by atoms with Crippen LogP contribution in [0.2, 0.25) is 0 Å². The first-order valence-corrected chi connectivity index (χ1v) is 7.15. The maximum absolute atomic E-state index is 10.1. The molecule has 1 saturated heterocycles. The SMILES string of the molecule is Oc1cc2c(cc1CC1CCCNC1)OCCCO2. The molecule has 4 heteroatoms. The molecule has 0 amide bonds. The van der Waals surface area contributed by atoms with Gasteiger partial charge in [0.1, 0.15) is 5.75 Å². The van der Waals surface area contributed by atoms with Crippen LogP contribution in [0.25, 0.3) is 0 Å². The van der Waals surface area contributed by atoms with Crippen LogP contribution in [-0.4, -0.2) is 31.4 Å².